The van der Waals surface area contributed by atoms with E-state index >= 15 is 0 Å². The summed E-state index contributed by atoms with van der Waals surface area (Å²) in [6.45, 7) is 5.42. The van der Waals surface area contributed by atoms with Crippen molar-refractivity contribution in [2.45, 2.75) is 26.4 Å². The smallest absolute Gasteiger partial charge is 0.350 e. The average molecular weight is 170 g/mol. The number of carbonyl (C=O) groups is 1. The Hall–Kier alpha value is -1.19. The van der Waals surface area contributed by atoms with E-state index in [2.05, 4.69) is 5.32 Å². The molecular weight excluding hydrogens is 156 g/mol. The van der Waals surface area contributed by atoms with Gasteiger partial charge in [-0.2, -0.15) is 0 Å². The van der Waals surface area contributed by atoms with Crippen molar-refractivity contribution in [3.63, 3.8) is 0 Å². The third-order valence-electron chi connectivity index (χ3n) is 2.56. The molecule has 0 fully saturated rings. The molecule has 0 radical (unpaired) electrons. The zero-order chi connectivity index (χ0) is 9.52. The molecule has 0 saturated carbocycles. The van der Waals surface area contributed by atoms with Crippen molar-refractivity contribution >= 4 is 5.97 Å². The topological polar surface area (TPSA) is 52.6 Å². The standard InChI is InChI=1S/C8H14N2O2/c1-5-6(2)10(4)8(3,9-5)7(11)12/h9H,1-4H3,(H,11,12). The van der Waals surface area contributed by atoms with Crippen molar-refractivity contribution < 1.29 is 9.90 Å². The third-order valence-corrected chi connectivity index (χ3v) is 2.56. The number of nitrogens with zero attached hydrogens (tertiary/aromatic N) is 1. The van der Waals surface area contributed by atoms with Crippen LogP contribution >= 0.6 is 0 Å². The van der Waals surface area contributed by atoms with E-state index in [1.165, 1.54) is 0 Å². The fourth-order valence-corrected chi connectivity index (χ4v) is 1.32. The molecule has 2 N–H and O–H groups in total. The van der Waals surface area contributed by atoms with E-state index in [0.29, 0.717) is 0 Å². The summed E-state index contributed by atoms with van der Waals surface area (Å²) in [4.78, 5) is 12.6. The van der Waals surface area contributed by atoms with E-state index in [0.717, 1.165) is 11.4 Å². The first-order valence-corrected chi connectivity index (χ1v) is 3.82. The molecule has 4 nitrogen and oxygen atoms in total. The van der Waals surface area contributed by atoms with Gasteiger partial charge in [0.05, 0.1) is 0 Å². The summed E-state index contributed by atoms with van der Waals surface area (Å²) in [7, 11) is 1.77. The lowest BCUT2D eigenvalue weighted by molar-refractivity contribution is -0.148. The van der Waals surface area contributed by atoms with Crippen LogP contribution in [0, 0.1) is 0 Å². The van der Waals surface area contributed by atoms with Gasteiger partial charge >= 0.3 is 5.97 Å². The minimum Gasteiger partial charge on any atom is -0.478 e. The molecule has 0 spiro atoms. The lowest BCUT2D eigenvalue weighted by Crippen LogP contribution is -2.54. The monoisotopic (exact) mass is 170 g/mol. The maximum absolute atomic E-state index is 10.9. The summed E-state index contributed by atoms with van der Waals surface area (Å²) >= 11 is 0. The van der Waals surface area contributed by atoms with Gasteiger partial charge in [0.25, 0.3) is 0 Å². The largest absolute Gasteiger partial charge is 0.478 e. The molecule has 0 aromatic carbocycles. The van der Waals surface area contributed by atoms with E-state index in [4.69, 9.17) is 5.11 Å². The molecule has 0 aliphatic carbocycles. The summed E-state index contributed by atoms with van der Waals surface area (Å²) < 4.78 is 0. The number of aliphatic carboxylic acids is 1. The molecule has 0 amide bonds. The fourth-order valence-electron chi connectivity index (χ4n) is 1.32. The molecule has 1 unspecified atom stereocenters. The Balaban J connectivity index is 2.99. The summed E-state index contributed by atoms with van der Waals surface area (Å²) in [5.74, 6) is -0.860. The molecule has 4 heteroatoms. The molecule has 68 valence electrons. The Kier molecular flexibility index (Phi) is 1.78. The normalized spacial score (nSPS) is 29.2. The van der Waals surface area contributed by atoms with Gasteiger partial charge in [0.2, 0.25) is 5.66 Å². The predicted octanol–water partition coefficient (Wildman–Crippen LogP) is 0.574. The van der Waals surface area contributed by atoms with Crippen LogP contribution in [0.1, 0.15) is 20.8 Å². The van der Waals surface area contributed by atoms with E-state index in [-0.39, 0.29) is 0 Å². The van der Waals surface area contributed by atoms with Crippen molar-refractivity contribution in [2.24, 2.45) is 0 Å². The van der Waals surface area contributed by atoms with Crippen LogP contribution in [0.5, 0.6) is 0 Å². The van der Waals surface area contributed by atoms with E-state index in [9.17, 15) is 4.79 Å². The van der Waals surface area contributed by atoms with Crippen molar-refractivity contribution in [3.05, 3.63) is 11.4 Å². The van der Waals surface area contributed by atoms with Crippen LogP contribution in [0.15, 0.2) is 11.4 Å². The first-order valence-electron chi connectivity index (χ1n) is 3.82. The van der Waals surface area contributed by atoms with Crippen molar-refractivity contribution in [1.82, 2.24) is 10.2 Å². The SMILES string of the molecule is CC1=C(C)N(C)C(C)(C(=O)O)N1. The second-order valence-corrected chi connectivity index (χ2v) is 3.27. The first-order chi connectivity index (χ1) is 5.39. The predicted molar refractivity (Wildman–Crippen MR) is 45.3 cm³/mol. The van der Waals surface area contributed by atoms with Crippen LogP contribution in [0.25, 0.3) is 0 Å². The molecule has 0 saturated heterocycles. The van der Waals surface area contributed by atoms with Gasteiger partial charge in [-0.3, -0.25) is 0 Å². The highest BCUT2D eigenvalue weighted by molar-refractivity contribution is 5.79. The molecule has 1 rings (SSSR count). The van der Waals surface area contributed by atoms with Crippen LogP contribution in [-0.2, 0) is 4.79 Å². The van der Waals surface area contributed by atoms with E-state index in [1.54, 1.807) is 18.9 Å². The van der Waals surface area contributed by atoms with Crippen LogP contribution in [0.2, 0.25) is 0 Å². The zero-order valence-corrected chi connectivity index (χ0v) is 7.80. The maximum atomic E-state index is 10.9. The Morgan fingerprint density at radius 1 is 1.58 bits per heavy atom. The molecule has 1 aliphatic heterocycles. The van der Waals surface area contributed by atoms with Crippen LogP contribution in [0.3, 0.4) is 0 Å². The highest BCUT2D eigenvalue weighted by Gasteiger charge is 2.42. The van der Waals surface area contributed by atoms with Gasteiger partial charge in [-0.15, -0.1) is 0 Å². The van der Waals surface area contributed by atoms with Crippen LogP contribution in [-0.4, -0.2) is 28.7 Å². The van der Waals surface area contributed by atoms with Gasteiger partial charge in [0.15, 0.2) is 0 Å². The minimum absolute atomic E-state index is 0.860. The Morgan fingerprint density at radius 3 is 2.25 bits per heavy atom. The second kappa shape index (κ2) is 2.40. The Labute approximate surface area is 71.9 Å². The summed E-state index contributed by atoms with van der Waals surface area (Å²) in [5.41, 5.74) is 0.913. The number of rotatable bonds is 1. The van der Waals surface area contributed by atoms with Gasteiger partial charge in [0, 0.05) is 18.4 Å². The zero-order valence-electron chi connectivity index (χ0n) is 7.80. The molecular formula is C8H14N2O2. The quantitative estimate of drug-likeness (QED) is 0.604. The van der Waals surface area contributed by atoms with Crippen LogP contribution < -0.4 is 5.32 Å². The number of carboxylic acids is 1. The molecule has 12 heavy (non-hydrogen) atoms. The molecule has 0 bridgehead atoms. The highest BCUT2D eigenvalue weighted by atomic mass is 16.4. The van der Waals surface area contributed by atoms with Crippen molar-refractivity contribution in [2.75, 3.05) is 7.05 Å². The number of hydrogen-bond acceptors (Lipinski definition) is 3. The minimum atomic E-state index is -0.978. The summed E-state index contributed by atoms with van der Waals surface area (Å²) in [6, 6.07) is 0. The lowest BCUT2D eigenvalue weighted by Gasteiger charge is -2.30. The molecule has 0 aromatic heterocycles. The maximum Gasteiger partial charge on any atom is 0.350 e. The highest BCUT2D eigenvalue weighted by Crippen LogP contribution is 2.25. The van der Waals surface area contributed by atoms with Gasteiger partial charge in [-0.25, -0.2) is 4.79 Å². The number of carboxylic acid groups (broad SMARTS) is 1. The summed E-state index contributed by atoms with van der Waals surface area (Å²) in [5, 5.41) is 11.9. The van der Waals surface area contributed by atoms with Crippen LogP contribution in [0.4, 0.5) is 0 Å². The second-order valence-electron chi connectivity index (χ2n) is 3.27. The molecule has 1 heterocycles. The summed E-state index contributed by atoms with van der Waals surface area (Å²) in [6.07, 6.45) is 0. The lowest BCUT2D eigenvalue weighted by atomic mass is 10.2. The number of hydrogen-bond donors (Lipinski definition) is 2. The van der Waals surface area contributed by atoms with Gasteiger partial charge in [-0.1, -0.05) is 0 Å². The fraction of sp³-hybridized carbons (Fsp3) is 0.625. The van der Waals surface area contributed by atoms with E-state index in [1.807, 2.05) is 13.8 Å². The average Bonchev–Trinajstić information content (AvgIpc) is 2.17. The van der Waals surface area contributed by atoms with Gasteiger partial charge in [0.1, 0.15) is 0 Å². The van der Waals surface area contributed by atoms with Gasteiger partial charge in [-0.05, 0) is 20.8 Å². The molecule has 0 aromatic rings. The number of likely N-dealkylation sites (N-methyl/N-ethyl adjacent to an activating group) is 1. The van der Waals surface area contributed by atoms with Crippen molar-refractivity contribution in [1.29, 1.82) is 0 Å². The Morgan fingerprint density at radius 2 is 2.08 bits per heavy atom. The number of nitrogens with one attached hydrogen (secondary N) is 1. The van der Waals surface area contributed by atoms with E-state index < -0.39 is 11.6 Å². The number of allylic oxidation sites excluding steroid dienone is 2. The van der Waals surface area contributed by atoms with Crippen molar-refractivity contribution in [3.8, 4) is 0 Å². The Bertz CT molecular complexity index is 260. The third kappa shape index (κ3) is 0.948. The van der Waals surface area contributed by atoms with Gasteiger partial charge < -0.3 is 15.3 Å². The molecule has 1 atom stereocenters. The first kappa shape index (κ1) is 8.90. The molecule has 1 aliphatic rings.